The van der Waals surface area contributed by atoms with Crippen molar-refractivity contribution in [3.63, 3.8) is 0 Å². The van der Waals surface area contributed by atoms with Gasteiger partial charge in [-0.25, -0.2) is 4.68 Å². The van der Waals surface area contributed by atoms with Gasteiger partial charge in [0.15, 0.2) is 0 Å². The molecule has 2 rings (SSSR count). The van der Waals surface area contributed by atoms with Crippen LogP contribution in [0.5, 0.6) is 0 Å². The molecule has 0 atom stereocenters. The van der Waals surface area contributed by atoms with Crippen LogP contribution in [0, 0.1) is 13.8 Å². The molecular formula is C18H26N4O2. The van der Waals surface area contributed by atoms with Gasteiger partial charge in [-0.1, -0.05) is 17.7 Å². The summed E-state index contributed by atoms with van der Waals surface area (Å²) < 4.78 is 1.72. The fraction of sp³-hybridized carbons (Fsp3) is 0.444. The number of anilines is 1. The van der Waals surface area contributed by atoms with Gasteiger partial charge in [0, 0.05) is 12.6 Å². The van der Waals surface area contributed by atoms with E-state index < -0.39 is 5.60 Å². The van der Waals surface area contributed by atoms with Crippen LogP contribution < -0.4 is 5.32 Å². The van der Waals surface area contributed by atoms with Crippen LogP contribution in [-0.4, -0.2) is 51.4 Å². The molecule has 0 aliphatic rings. The SMILES string of the molecule is Cc1ccc(-n2nc(C)cc2NC(=O)CN(C)CC(C)(C)O)cc1. The highest BCUT2D eigenvalue weighted by Gasteiger charge is 2.18. The number of likely N-dealkylation sites (N-methyl/N-ethyl adjacent to an activating group) is 1. The van der Waals surface area contributed by atoms with Crippen molar-refractivity contribution in [3.8, 4) is 5.69 Å². The lowest BCUT2D eigenvalue weighted by molar-refractivity contribution is -0.117. The summed E-state index contributed by atoms with van der Waals surface area (Å²) in [6, 6.07) is 9.80. The molecule has 0 radical (unpaired) electrons. The number of carbonyl (C=O) groups is 1. The monoisotopic (exact) mass is 330 g/mol. The Morgan fingerprint density at radius 2 is 1.92 bits per heavy atom. The standard InChI is InChI=1S/C18H26N4O2/c1-13-6-8-15(9-7-13)22-16(10-14(2)20-22)19-17(23)11-21(5)12-18(3,4)24/h6-10,24H,11-12H2,1-5H3,(H,19,23). The lowest BCUT2D eigenvalue weighted by Gasteiger charge is -2.24. The van der Waals surface area contributed by atoms with E-state index in [0.717, 1.165) is 11.4 Å². The van der Waals surface area contributed by atoms with Gasteiger partial charge in [-0.05, 0) is 46.9 Å². The first-order chi connectivity index (χ1) is 11.1. The molecule has 0 fully saturated rings. The molecule has 1 aromatic heterocycles. The fourth-order valence-corrected chi connectivity index (χ4v) is 2.62. The number of hydrogen-bond acceptors (Lipinski definition) is 4. The molecule has 0 unspecified atom stereocenters. The van der Waals surface area contributed by atoms with E-state index in [0.29, 0.717) is 12.4 Å². The van der Waals surface area contributed by atoms with Crippen molar-refractivity contribution in [2.75, 3.05) is 25.5 Å². The number of nitrogens with one attached hydrogen (secondary N) is 1. The summed E-state index contributed by atoms with van der Waals surface area (Å²) in [6.45, 7) is 7.97. The number of nitrogens with zero attached hydrogens (tertiary/aromatic N) is 3. The molecule has 24 heavy (non-hydrogen) atoms. The third-order valence-electron chi connectivity index (χ3n) is 3.45. The molecule has 0 aliphatic carbocycles. The minimum absolute atomic E-state index is 0.144. The minimum atomic E-state index is -0.838. The molecule has 0 spiro atoms. The zero-order valence-corrected chi connectivity index (χ0v) is 15.0. The number of aliphatic hydroxyl groups is 1. The Bertz CT molecular complexity index is 699. The molecule has 130 valence electrons. The number of rotatable bonds is 6. The van der Waals surface area contributed by atoms with Gasteiger partial charge in [-0.2, -0.15) is 5.10 Å². The maximum atomic E-state index is 12.3. The van der Waals surface area contributed by atoms with Crippen molar-refractivity contribution in [3.05, 3.63) is 41.6 Å². The van der Waals surface area contributed by atoms with E-state index in [4.69, 9.17) is 0 Å². The zero-order chi connectivity index (χ0) is 17.9. The first kappa shape index (κ1) is 18.2. The predicted octanol–water partition coefficient (Wildman–Crippen LogP) is 2.13. The summed E-state index contributed by atoms with van der Waals surface area (Å²) >= 11 is 0. The van der Waals surface area contributed by atoms with E-state index in [-0.39, 0.29) is 12.5 Å². The smallest absolute Gasteiger partial charge is 0.239 e. The molecule has 0 saturated carbocycles. The Kier molecular flexibility index (Phi) is 5.41. The van der Waals surface area contributed by atoms with Gasteiger partial charge in [0.2, 0.25) is 5.91 Å². The highest BCUT2D eigenvalue weighted by Crippen LogP contribution is 2.17. The van der Waals surface area contributed by atoms with E-state index in [1.165, 1.54) is 5.56 Å². The average Bonchev–Trinajstić information content (AvgIpc) is 2.77. The lowest BCUT2D eigenvalue weighted by Crippen LogP contribution is -2.40. The highest BCUT2D eigenvalue weighted by atomic mass is 16.3. The van der Waals surface area contributed by atoms with Gasteiger partial charge in [0.1, 0.15) is 5.82 Å². The molecule has 1 aromatic carbocycles. The van der Waals surface area contributed by atoms with Crippen LogP contribution in [0.2, 0.25) is 0 Å². The Morgan fingerprint density at radius 3 is 2.50 bits per heavy atom. The Hall–Kier alpha value is -2.18. The van der Waals surface area contributed by atoms with Crippen LogP contribution in [0.25, 0.3) is 5.69 Å². The largest absolute Gasteiger partial charge is 0.389 e. The van der Waals surface area contributed by atoms with Crippen LogP contribution in [-0.2, 0) is 4.79 Å². The number of benzene rings is 1. The van der Waals surface area contributed by atoms with Crippen molar-refractivity contribution in [2.45, 2.75) is 33.3 Å². The molecule has 1 amide bonds. The van der Waals surface area contributed by atoms with Gasteiger partial charge in [0.25, 0.3) is 0 Å². The minimum Gasteiger partial charge on any atom is -0.389 e. The number of carbonyl (C=O) groups excluding carboxylic acids is 1. The molecule has 1 heterocycles. The van der Waals surface area contributed by atoms with Gasteiger partial charge in [0.05, 0.1) is 23.5 Å². The van der Waals surface area contributed by atoms with Crippen LogP contribution in [0.15, 0.2) is 30.3 Å². The topological polar surface area (TPSA) is 70.4 Å². The van der Waals surface area contributed by atoms with Gasteiger partial charge in [-0.3, -0.25) is 9.69 Å². The summed E-state index contributed by atoms with van der Waals surface area (Å²) in [5.74, 6) is 0.494. The Labute approximate surface area is 143 Å². The summed E-state index contributed by atoms with van der Waals surface area (Å²) in [4.78, 5) is 14.1. The second kappa shape index (κ2) is 7.15. The first-order valence-electron chi connectivity index (χ1n) is 7.98. The van der Waals surface area contributed by atoms with Crippen LogP contribution in [0.1, 0.15) is 25.1 Å². The normalized spacial score (nSPS) is 11.8. The maximum absolute atomic E-state index is 12.3. The third kappa shape index (κ3) is 5.18. The second-order valence-corrected chi connectivity index (χ2v) is 6.95. The number of hydrogen-bond donors (Lipinski definition) is 2. The Morgan fingerprint density at radius 1 is 1.29 bits per heavy atom. The zero-order valence-electron chi connectivity index (χ0n) is 15.0. The van der Waals surface area contributed by atoms with Gasteiger partial charge >= 0.3 is 0 Å². The van der Waals surface area contributed by atoms with Gasteiger partial charge in [-0.15, -0.1) is 0 Å². The van der Waals surface area contributed by atoms with Gasteiger partial charge < -0.3 is 10.4 Å². The van der Waals surface area contributed by atoms with E-state index in [1.54, 1.807) is 30.5 Å². The number of aryl methyl sites for hydroxylation is 2. The predicted molar refractivity (Wildman–Crippen MR) is 95.5 cm³/mol. The molecule has 2 N–H and O–H groups in total. The van der Waals surface area contributed by atoms with E-state index in [9.17, 15) is 9.90 Å². The highest BCUT2D eigenvalue weighted by molar-refractivity contribution is 5.91. The molecular weight excluding hydrogens is 304 g/mol. The van der Waals surface area contributed by atoms with Crippen molar-refractivity contribution >= 4 is 11.7 Å². The Balaban J connectivity index is 2.10. The molecule has 6 nitrogen and oxygen atoms in total. The fourth-order valence-electron chi connectivity index (χ4n) is 2.62. The maximum Gasteiger partial charge on any atom is 0.239 e. The molecule has 2 aromatic rings. The summed E-state index contributed by atoms with van der Waals surface area (Å²) in [7, 11) is 1.81. The quantitative estimate of drug-likeness (QED) is 0.851. The molecule has 0 bridgehead atoms. The molecule has 0 saturated heterocycles. The van der Waals surface area contributed by atoms with Crippen LogP contribution in [0.4, 0.5) is 5.82 Å². The van der Waals surface area contributed by atoms with Crippen LogP contribution in [0.3, 0.4) is 0 Å². The first-order valence-corrected chi connectivity index (χ1v) is 7.98. The number of aromatic nitrogens is 2. The summed E-state index contributed by atoms with van der Waals surface area (Å²) in [6.07, 6.45) is 0. The van der Waals surface area contributed by atoms with Crippen LogP contribution >= 0.6 is 0 Å². The second-order valence-electron chi connectivity index (χ2n) is 6.95. The van der Waals surface area contributed by atoms with Crippen molar-refractivity contribution < 1.29 is 9.90 Å². The van der Waals surface area contributed by atoms with E-state index >= 15 is 0 Å². The average molecular weight is 330 g/mol. The van der Waals surface area contributed by atoms with E-state index in [1.807, 2.05) is 44.2 Å². The van der Waals surface area contributed by atoms with E-state index in [2.05, 4.69) is 10.4 Å². The third-order valence-corrected chi connectivity index (χ3v) is 3.45. The summed E-state index contributed by atoms with van der Waals surface area (Å²) in [5, 5.41) is 17.2. The summed E-state index contributed by atoms with van der Waals surface area (Å²) in [5.41, 5.74) is 2.06. The molecule has 6 heteroatoms. The van der Waals surface area contributed by atoms with Crippen molar-refractivity contribution in [1.29, 1.82) is 0 Å². The van der Waals surface area contributed by atoms with Crippen molar-refractivity contribution in [2.24, 2.45) is 0 Å². The lowest BCUT2D eigenvalue weighted by atomic mass is 10.1. The van der Waals surface area contributed by atoms with Crippen molar-refractivity contribution in [1.82, 2.24) is 14.7 Å². The molecule has 0 aliphatic heterocycles. The number of amides is 1.